The summed E-state index contributed by atoms with van der Waals surface area (Å²) in [7, 11) is 0. The maximum Gasteiger partial charge on any atom is 0.327 e. The third-order valence-electron chi connectivity index (χ3n) is 7.12. The number of rotatable bonds is 5. The van der Waals surface area contributed by atoms with Gasteiger partial charge in [-0.15, -0.1) is 0 Å². The predicted octanol–water partition coefficient (Wildman–Crippen LogP) is 4.82. The first-order chi connectivity index (χ1) is 18.0. The van der Waals surface area contributed by atoms with Crippen LogP contribution >= 0.6 is 11.8 Å². The molecule has 4 atom stereocenters. The molecule has 4 heterocycles. The second kappa shape index (κ2) is 9.72. The molecule has 0 radical (unpaired) electrons. The van der Waals surface area contributed by atoms with Gasteiger partial charge >= 0.3 is 6.03 Å². The lowest BCUT2D eigenvalue weighted by atomic mass is 9.97. The van der Waals surface area contributed by atoms with E-state index in [0.29, 0.717) is 11.8 Å². The van der Waals surface area contributed by atoms with Crippen LogP contribution in [0.1, 0.15) is 36.9 Å². The van der Waals surface area contributed by atoms with E-state index in [9.17, 15) is 9.59 Å². The number of ether oxygens (including phenoxy) is 1. The van der Waals surface area contributed by atoms with E-state index < -0.39 is 11.3 Å². The molecule has 2 aromatic carbocycles. The smallest absolute Gasteiger partial charge is 0.327 e. The van der Waals surface area contributed by atoms with Gasteiger partial charge in [-0.3, -0.25) is 9.69 Å². The maximum absolute atomic E-state index is 13.5. The number of carbonyl (C=O) groups excluding carboxylic acids is 2. The number of aryl methyl sites for hydroxylation is 1. The minimum absolute atomic E-state index is 0.0506. The van der Waals surface area contributed by atoms with Gasteiger partial charge in [-0.05, 0) is 75.2 Å². The number of pyridine rings is 1. The van der Waals surface area contributed by atoms with Crippen LogP contribution in [0, 0.1) is 6.92 Å². The molecular formula is C28H29N5O3S. The van der Waals surface area contributed by atoms with E-state index >= 15 is 0 Å². The quantitative estimate of drug-likeness (QED) is 0.451. The fourth-order valence-corrected chi connectivity index (χ4v) is 6.61. The second-order valence-electron chi connectivity index (χ2n) is 9.80. The Kier molecular flexibility index (Phi) is 6.26. The van der Waals surface area contributed by atoms with Crippen molar-refractivity contribution >= 4 is 35.1 Å². The third kappa shape index (κ3) is 4.53. The first-order valence-corrected chi connectivity index (χ1v) is 13.5. The number of thioether (sulfide) groups is 1. The summed E-state index contributed by atoms with van der Waals surface area (Å²) in [4.78, 5) is 33.1. The van der Waals surface area contributed by atoms with Crippen molar-refractivity contribution in [3.8, 4) is 11.5 Å². The highest BCUT2D eigenvalue weighted by molar-refractivity contribution is 8.01. The monoisotopic (exact) mass is 515 g/mol. The molecule has 4 unspecified atom stereocenters. The lowest BCUT2D eigenvalue weighted by molar-refractivity contribution is -0.121. The summed E-state index contributed by atoms with van der Waals surface area (Å²) >= 11 is 1.43. The number of anilines is 2. The topological polar surface area (TPSA) is 95.6 Å². The number of para-hydroxylation sites is 1. The van der Waals surface area contributed by atoms with Gasteiger partial charge in [0.2, 0.25) is 5.91 Å². The number of hydrogen-bond donors (Lipinski definition) is 3. The predicted molar refractivity (Wildman–Crippen MR) is 144 cm³/mol. The Morgan fingerprint density at radius 1 is 1.14 bits per heavy atom. The number of hydrogen-bond acceptors (Lipinski definition) is 6. The van der Waals surface area contributed by atoms with Gasteiger partial charge in [0.05, 0.1) is 17.4 Å². The number of carbonyl (C=O) groups is 2. The molecule has 37 heavy (non-hydrogen) atoms. The fourth-order valence-electron chi connectivity index (χ4n) is 5.38. The van der Waals surface area contributed by atoms with Gasteiger partial charge in [0.15, 0.2) is 0 Å². The lowest BCUT2D eigenvalue weighted by Gasteiger charge is -2.35. The zero-order valence-corrected chi connectivity index (χ0v) is 21.5. The molecule has 0 saturated carbocycles. The first-order valence-electron chi connectivity index (χ1n) is 12.6. The molecule has 190 valence electrons. The molecule has 3 aromatic rings. The van der Waals surface area contributed by atoms with Crippen molar-refractivity contribution < 1.29 is 14.3 Å². The Morgan fingerprint density at radius 2 is 1.97 bits per heavy atom. The summed E-state index contributed by atoms with van der Waals surface area (Å²) in [5.41, 5.74) is 3.31. The maximum atomic E-state index is 13.5. The van der Waals surface area contributed by atoms with Gasteiger partial charge in [0.1, 0.15) is 21.8 Å². The number of nitrogens with one attached hydrogen (secondary N) is 3. The highest BCUT2D eigenvalue weighted by atomic mass is 32.2. The van der Waals surface area contributed by atoms with Crippen molar-refractivity contribution in [3.05, 3.63) is 71.9 Å². The van der Waals surface area contributed by atoms with Gasteiger partial charge in [0, 0.05) is 23.8 Å². The van der Waals surface area contributed by atoms with Gasteiger partial charge in [-0.25, -0.2) is 9.78 Å². The number of amides is 3. The molecule has 0 bridgehead atoms. The van der Waals surface area contributed by atoms with Crippen LogP contribution in [0.3, 0.4) is 0 Å². The molecule has 1 saturated heterocycles. The Bertz CT molecular complexity index is 1350. The zero-order valence-electron chi connectivity index (χ0n) is 20.7. The summed E-state index contributed by atoms with van der Waals surface area (Å²) in [5.74, 6) is 1.40. The Balaban J connectivity index is 1.26. The van der Waals surface area contributed by atoms with Crippen molar-refractivity contribution in [2.45, 2.75) is 55.1 Å². The number of nitrogens with zero attached hydrogens (tertiary/aromatic N) is 2. The van der Waals surface area contributed by atoms with Gasteiger partial charge in [-0.2, -0.15) is 0 Å². The summed E-state index contributed by atoms with van der Waals surface area (Å²) < 4.78 is 5.97. The summed E-state index contributed by atoms with van der Waals surface area (Å²) in [6, 6.07) is 17.0. The molecule has 6 rings (SSSR count). The molecule has 0 spiro atoms. The van der Waals surface area contributed by atoms with E-state index in [4.69, 9.17) is 4.74 Å². The Labute approximate surface area is 220 Å². The second-order valence-corrected chi connectivity index (χ2v) is 10.9. The standard InChI is InChI=1S/C28H29N5O3S/c1-16-14-20(36-19-6-4-3-5-7-19)8-9-21(16)33-22-11-13-30-27-23(22)24(32-28(33)35)25(37-27)26(34)31-18-10-12-29-17(2)15-18/h3-9,11,13-14,17-18,24-25,29H,10,12,15H2,1-2H3,(H,31,34)(H,32,35). The van der Waals surface area contributed by atoms with Crippen LogP contribution < -0.4 is 25.6 Å². The minimum Gasteiger partial charge on any atom is -0.457 e. The van der Waals surface area contributed by atoms with Crippen molar-refractivity contribution in [1.29, 1.82) is 0 Å². The van der Waals surface area contributed by atoms with E-state index in [1.54, 1.807) is 11.1 Å². The zero-order chi connectivity index (χ0) is 25.5. The number of piperidine rings is 1. The summed E-state index contributed by atoms with van der Waals surface area (Å²) in [6.45, 7) is 4.98. The molecule has 3 aliphatic rings. The average Bonchev–Trinajstić information content (AvgIpc) is 3.25. The van der Waals surface area contributed by atoms with Crippen LogP contribution in [0.5, 0.6) is 11.5 Å². The summed E-state index contributed by atoms with van der Waals surface area (Å²) in [5, 5.41) is 10.1. The fraction of sp³-hybridized carbons (Fsp3) is 0.321. The van der Waals surface area contributed by atoms with Crippen LogP contribution in [-0.2, 0) is 4.79 Å². The SMILES string of the molecule is Cc1cc(Oc2ccccc2)ccc1N1C(=O)NC2c3c1ccnc3SC2C(=O)NC1CCNC(C)C1. The highest BCUT2D eigenvalue weighted by Crippen LogP contribution is 2.51. The lowest BCUT2D eigenvalue weighted by Crippen LogP contribution is -2.52. The molecule has 9 heteroatoms. The molecule has 3 amide bonds. The molecule has 3 aliphatic heterocycles. The van der Waals surface area contributed by atoms with Gasteiger partial charge in [0.25, 0.3) is 0 Å². The number of aromatic nitrogens is 1. The number of benzene rings is 2. The van der Waals surface area contributed by atoms with E-state index in [-0.39, 0.29) is 18.0 Å². The van der Waals surface area contributed by atoms with Crippen LogP contribution in [-0.4, -0.2) is 40.8 Å². The molecule has 1 fully saturated rings. The van der Waals surface area contributed by atoms with Crippen molar-refractivity contribution in [2.24, 2.45) is 0 Å². The molecule has 1 aromatic heterocycles. The van der Waals surface area contributed by atoms with E-state index in [2.05, 4.69) is 27.9 Å². The third-order valence-corrected chi connectivity index (χ3v) is 8.41. The normalized spacial score (nSPS) is 24.3. The molecular weight excluding hydrogens is 486 g/mol. The van der Waals surface area contributed by atoms with Gasteiger partial charge < -0.3 is 20.7 Å². The van der Waals surface area contributed by atoms with E-state index in [1.165, 1.54) is 11.8 Å². The van der Waals surface area contributed by atoms with Crippen molar-refractivity contribution in [1.82, 2.24) is 20.9 Å². The molecule has 3 N–H and O–H groups in total. The van der Waals surface area contributed by atoms with Crippen LogP contribution in [0.2, 0.25) is 0 Å². The summed E-state index contributed by atoms with van der Waals surface area (Å²) in [6.07, 6.45) is 3.51. The number of urea groups is 1. The Hall–Kier alpha value is -3.56. The largest absolute Gasteiger partial charge is 0.457 e. The molecule has 8 nitrogen and oxygen atoms in total. The first kappa shape index (κ1) is 23.8. The Morgan fingerprint density at radius 3 is 2.76 bits per heavy atom. The van der Waals surface area contributed by atoms with Crippen LogP contribution in [0.15, 0.2) is 65.8 Å². The van der Waals surface area contributed by atoms with Crippen molar-refractivity contribution in [3.63, 3.8) is 0 Å². The van der Waals surface area contributed by atoms with Gasteiger partial charge in [-0.1, -0.05) is 30.0 Å². The van der Waals surface area contributed by atoms with Crippen LogP contribution in [0.4, 0.5) is 16.2 Å². The molecule has 0 aliphatic carbocycles. The minimum atomic E-state index is -0.456. The highest BCUT2D eigenvalue weighted by Gasteiger charge is 2.47. The van der Waals surface area contributed by atoms with E-state index in [0.717, 1.165) is 52.7 Å². The van der Waals surface area contributed by atoms with Crippen LogP contribution in [0.25, 0.3) is 0 Å². The van der Waals surface area contributed by atoms with Crippen molar-refractivity contribution in [2.75, 3.05) is 11.4 Å². The average molecular weight is 516 g/mol. The van der Waals surface area contributed by atoms with E-state index in [1.807, 2.05) is 61.5 Å².